The molecule has 1 aliphatic rings. The Hall–Kier alpha value is -2.79. The molecule has 0 radical (unpaired) electrons. The molecule has 27 heavy (non-hydrogen) atoms. The third-order valence-electron chi connectivity index (χ3n) is 4.77. The van der Waals surface area contributed by atoms with Crippen LogP contribution in [0.5, 0.6) is 5.75 Å². The number of hydrogen-bond donors (Lipinski definition) is 0. The molecular formula is C22H18F3NO. The zero-order chi connectivity index (χ0) is 18.8. The second-order valence-corrected chi connectivity index (χ2v) is 6.59. The van der Waals surface area contributed by atoms with Crippen molar-refractivity contribution in [2.75, 3.05) is 13.1 Å². The van der Waals surface area contributed by atoms with Crippen LogP contribution in [-0.2, 0) is 0 Å². The molecule has 0 saturated carbocycles. The van der Waals surface area contributed by atoms with Crippen molar-refractivity contribution in [1.29, 1.82) is 0 Å². The van der Waals surface area contributed by atoms with Gasteiger partial charge >= 0.3 is 0 Å². The molecule has 3 aromatic rings. The Labute approximate surface area is 155 Å². The molecule has 3 aromatic carbocycles. The van der Waals surface area contributed by atoms with Crippen LogP contribution in [-0.4, -0.2) is 24.1 Å². The van der Waals surface area contributed by atoms with E-state index in [9.17, 15) is 13.2 Å². The van der Waals surface area contributed by atoms with Gasteiger partial charge in [-0.25, -0.2) is 8.78 Å². The van der Waals surface area contributed by atoms with Crippen LogP contribution >= 0.6 is 0 Å². The third-order valence-corrected chi connectivity index (χ3v) is 4.77. The first-order chi connectivity index (χ1) is 13.1. The lowest BCUT2D eigenvalue weighted by atomic mass is 9.94. The molecule has 0 spiro atoms. The second-order valence-electron chi connectivity index (χ2n) is 6.59. The number of rotatable bonds is 5. The van der Waals surface area contributed by atoms with Crippen molar-refractivity contribution in [1.82, 2.24) is 4.90 Å². The predicted molar refractivity (Wildman–Crippen MR) is 97.0 cm³/mol. The lowest BCUT2D eigenvalue weighted by molar-refractivity contribution is -0.00211. The van der Waals surface area contributed by atoms with Crippen LogP contribution in [0.3, 0.4) is 0 Å². The van der Waals surface area contributed by atoms with Gasteiger partial charge in [-0.2, -0.15) is 4.39 Å². The fourth-order valence-electron chi connectivity index (χ4n) is 3.42. The van der Waals surface area contributed by atoms with E-state index in [0.29, 0.717) is 13.1 Å². The molecule has 2 nitrogen and oxygen atoms in total. The number of ether oxygens (including phenoxy) is 1. The van der Waals surface area contributed by atoms with Gasteiger partial charge in [0.2, 0.25) is 5.82 Å². The van der Waals surface area contributed by atoms with Gasteiger partial charge in [0, 0.05) is 13.1 Å². The minimum atomic E-state index is -1.50. The van der Waals surface area contributed by atoms with E-state index in [2.05, 4.69) is 29.2 Å². The minimum Gasteiger partial charge on any atom is -0.485 e. The highest BCUT2D eigenvalue weighted by Gasteiger charge is 2.36. The normalized spacial score (nSPS) is 15.0. The first kappa shape index (κ1) is 17.6. The van der Waals surface area contributed by atoms with Crippen LogP contribution in [0.2, 0.25) is 0 Å². The third kappa shape index (κ3) is 3.55. The van der Waals surface area contributed by atoms with Crippen molar-refractivity contribution >= 4 is 0 Å². The van der Waals surface area contributed by atoms with Crippen LogP contribution in [0.4, 0.5) is 13.2 Å². The maximum atomic E-state index is 13.8. The highest BCUT2D eigenvalue weighted by Crippen LogP contribution is 2.34. The van der Waals surface area contributed by atoms with Crippen LogP contribution in [0.25, 0.3) is 0 Å². The first-order valence-corrected chi connectivity index (χ1v) is 8.77. The molecule has 0 bridgehead atoms. The molecule has 0 aliphatic carbocycles. The van der Waals surface area contributed by atoms with Gasteiger partial charge in [0.05, 0.1) is 6.04 Å². The molecule has 0 aromatic heterocycles. The van der Waals surface area contributed by atoms with Gasteiger partial charge in [-0.15, -0.1) is 0 Å². The molecule has 1 saturated heterocycles. The Bertz CT molecular complexity index is 872. The van der Waals surface area contributed by atoms with Crippen molar-refractivity contribution in [2.24, 2.45) is 0 Å². The van der Waals surface area contributed by atoms with Gasteiger partial charge < -0.3 is 4.74 Å². The van der Waals surface area contributed by atoms with E-state index in [0.717, 1.165) is 23.3 Å². The minimum absolute atomic E-state index is 0.0575. The van der Waals surface area contributed by atoms with Crippen LogP contribution in [0.15, 0.2) is 72.8 Å². The Kier molecular flexibility index (Phi) is 4.86. The summed E-state index contributed by atoms with van der Waals surface area (Å²) >= 11 is 0. The summed E-state index contributed by atoms with van der Waals surface area (Å²) in [4.78, 5) is 2.22. The number of nitrogens with zero attached hydrogens (tertiary/aromatic N) is 1. The quantitative estimate of drug-likeness (QED) is 0.590. The molecule has 0 atom stereocenters. The molecule has 0 N–H and O–H groups in total. The summed E-state index contributed by atoms with van der Waals surface area (Å²) in [6, 6.07) is 22.3. The maximum absolute atomic E-state index is 13.8. The van der Waals surface area contributed by atoms with Crippen molar-refractivity contribution in [3.8, 4) is 5.75 Å². The van der Waals surface area contributed by atoms with Gasteiger partial charge in [-0.05, 0) is 23.3 Å². The molecule has 1 fully saturated rings. The zero-order valence-electron chi connectivity index (χ0n) is 14.5. The Morgan fingerprint density at radius 2 is 1.30 bits per heavy atom. The van der Waals surface area contributed by atoms with Crippen LogP contribution < -0.4 is 4.74 Å². The van der Waals surface area contributed by atoms with E-state index in [4.69, 9.17) is 4.74 Å². The average molecular weight is 369 g/mol. The zero-order valence-corrected chi connectivity index (χ0v) is 14.5. The van der Waals surface area contributed by atoms with E-state index >= 15 is 0 Å². The van der Waals surface area contributed by atoms with Crippen molar-refractivity contribution in [3.05, 3.63) is 101 Å². The summed E-state index contributed by atoms with van der Waals surface area (Å²) in [7, 11) is 0. The predicted octanol–water partition coefficient (Wildman–Crippen LogP) is 4.96. The van der Waals surface area contributed by atoms with Gasteiger partial charge in [-0.1, -0.05) is 60.7 Å². The Morgan fingerprint density at radius 1 is 0.741 bits per heavy atom. The lowest BCUT2D eigenvalue weighted by Crippen LogP contribution is -2.55. The summed E-state index contributed by atoms with van der Waals surface area (Å²) in [5.74, 6) is -4.26. The average Bonchev–Trinajstić information content (AvgIpc) is 2.68. The van der Waals surface area contributed by atoms with Crippen molar-refractivity contribution in [2.45, 2.75) is 12.1 Å². The molecule has 0 unspecified atom stereocenters. The molecule has 0 amide bonds. The molecule has 1 aliphatic heterocycles. The SMILES string of the molecule is Fc1ccc(OC2CN(C(c3ccccc3)c3ccccc3)C2)c(F)c1F. The largest absolute Gasteiger partial charge is 0.485 e. The summed E-state index contributed by atoms with van der Waals surface area (Å²) < 4.78 is 45.8. The first-order valence-electron chi connectivity index (χ1n) is 8.77. The molecular weight excluding hydrogens is 351 g/mol. The summed E-state index contributed by atoms with van der Waals surface area (Å²) in [5, 5.41) is 0. The number of halogens is 3. The number of hydrogen-bond acceptors (Lipinski definition) is 2. The van der Waals surface area contributed by atoms with E-state index < -0.39 is 17.5 Å². The second kappa shape index (κ2) is 7.45. The summed E-state index contributed by atoms with van der Waals surface area (Å²) in [6.07, 6.45) is -0.278. The molecule has 1 heterocycles. The number of likely N-dealkylation sites (tertiary alicyclic amines) is 1. The van der Waals surface area contributed by atoms with Crippen molar-refractivity contribution in [3.63, 3.8) is 0 Å². The van der Waals surface area contributed by atoms with E-state index in [-0.39, 0.29) is 17.9 Å². The van der Waals surface area contributed by atoms with Gasteiger partial charge in [0.15, 0.2) is 17.4 Å². The van der Waals surface area contributed by atoms with Gasteiger partial charge in [-0.3, -0.25) is 4.90 Å². The monoisotopic (exact) mass is 369 g/mol. The van der Waals surface area contributed by atoms with Gasteiger partial charge in [0.1, 0.15) is 6.10 Å². The van der Waals surface area contributed by atoms with Crippen LogP contribution in [0, 0.1) is 17.5 Å². The van der Waals surface area contributed by atoms with E-state index in [1.165, 1.54) is 0 Å². The smallest absolute Gasteiger partial charge is 0.203 e. The molecule has 138 valence electrons. The fraction of sp³-hybridized carbons (Fsp3) is 0.182. The molecule has 5 heteroatoms. The highest BCUT2D eigenvalue weighted by atomic mass is 19.2. The summed E-state index contributed by atoms with van der Waals surface area (Å²) in [5.41, 5.74) is 2.31. The topological polar surface area (TPSA) is 12.5 Å². The fourth-order valence-corrected chi connectivity index (χ4v) is 3.42. The highest BCUT2D eigenvalue weighted by molar-refractivity contribution is 5.33. The van der Waals surface area contributed by atoms with E-state index in [1.807, 2.05) is 36.4 Å². The van der Waals surface area contributed by atoms with Crippen LogP contribution in [0.1, 0.15) is 17.2 Å². The van der Waals surface area contributed by atoms with Gasteiger partial charge in [0.25, 0.3) is 0 Å². The van der Waals surface area contributed by atoms with Crippen molar-refractivity contribution < 1.29 is 17.9 Å². The molecule has 4 rings (SSSR count). The standard InChI is InChI=1S/C22H18F3NO/c23-18-11-12-19(21(25)20(18)24)27-17-13-26(14-17)22(15-7-3-1-4-8-15)16-9-5-2-6-10-16/h1-12,17,22H,13-14H2. The maximum Gasteiger partial charge on any atom is 0.203 e. The number of benzene rings is 3. The van der Waals surface area contributed by atoms with E-state index in [1.54, 1.807) is 0 Å². The Morgan fingerprint density at radius 3 is 1.85 bits per heavy atom. The Balaban J connectivity index is 1.50. The summed E-state index contributed by atoms with van der Waals surface area (Å²) in [6.45, 7) is 1.12. The lowest BCUT2D eigenvalue weighted by Gasteiger charge is -2.44.